The van der Waals surface area contributed by atoms with Gasteiger partial charge in [0.1, 0.15) is 11.6 Å². The molecular weight excluding hydrogens is 235 g/mol. The normalized spacial score (nSPS) is 13.8. The zero-order valence-electron chi connectivity index (χ0n) is 10.9. The Kier molecular flexibility index (Phi) is 4.67. The van der Waals surface area contributed by atoms with E-state index in [1.165, 1.54) is 19.2 Å². The summed E-state index contributed by atoms with van der Waals surface area (Å²) < 4.78 is 18.2. The van der Waals surface area contributed by atoms with E-state index in [0.29, 0.717) is 17.9 Å². The number of methoxy groups -OCH3 is 1. The van der Waals surface area contributed by atoms with Gasteiger partial charge in [0, 0.05) is 17.8 Å². The van der Waals surface area contributed by atoms with Gasteiger partial charge in [-0.2, -0.15) is 0 Å². The lowest BCUT2D eigenvalue weighted by Crippen LogP contribution is -2.48. The fraction of sp³-hybridized carbons (Fsp3) is 0.462. The zero-order valence-corrected chi connectivity index (χ0v) is 10.9. The average Bonchev–Trinajstić information content (AvgIpc) is 2.27. The molecule has 0 spiro atoms. The molecule has 1 unspecified atom stereocenters. The van der Waals surface area contributed by atoms with Crippen LogP contribution >= 0.6 is 0 Å². The number of nitrogens with one attached hydrogen (secondary N) is 1. The van der Waals surface area contributed by atoms with Gasteiger partial charge in [-0.05, 0) is 19.4 Å². The molecule has 3 N–H and O–H groups in total. The van der Waals surface area contributed by atoms with Crippen molar-refractivity contribution in [2.24, 2.45) is 5.73 Å². The molecule has 0 heterocycles. The van der Waals surface area contributed by atoms with E-state index in [0.717, 1.165) is 6.42 Å². The van der Waals surface area contributed by atoms with Gasteiger partial charge in [-0.1, -0.05) is 13.3 Å². The van der Waals surface area contributed by atoms with Gasteiger partial charge in [-0.25, -0.2) is 4.39 Å². The molecular formula is C13H19FN2O2. The van der Waals surface area contributed by atoms with Crippen LogP contribution in [0.2, 0.25) is 0 Å². The summed E-state index contributed by atoms with van der Waals surface area (Å²) in [6.07, 6.45) is 1.36. The highest BCUT2D eigenvalue weighted by Crippen LogP contribution is 2.21. The van der Waals surface area contributed by atoms with Crippen LogP contribution < -0.4 is 15.8 Å². The van der Waals surface area contributed by atoms with E-state index in [1.807, 2.05) is 6.92 Å². The summed E-state index contributed by atoms with van der Waals surface area (Å²) in [5.41, 5.74) is 5.26. The van der Waals surface area contributed by atoms with Crippen molar-refractivity contribution in [1.29, 1.82) is 0 Å². The van der Waals surface area contributed by atoms with Crippen LogP contribution in [-0.4, -0.2) is 18.6 Å². The summed E-state index contributed by atoms with van der Waals surface area (Å²) in [6, 6.07) is 4.01. The first-order valence-electron chi connectivity index (χ1n) is 5.84. The smallest absolute Gasteiger partial charge is 0.244 e. The van der Waals surface area contributed by atoms with Crippen LogP contribution in [0.4, 0.5) is 10.1 Å². The maximum atomic E-state index is 13.2. The number of hydrogen-bond donors (Lipinski definition) is 2. The first kappa shape index (κ1) is 14.4. The number of halogens is 1. The molecule has 0 fully saturated rings. The minimum absolute atomic E-state index is 0.336. The zero-order chi connectivity index (χ0) is 13.8. The lowest BCUT2D eigenvalue weighted by Gasteiger charge is -2.23. The fourth-order valence-electron chi connectivity index (χ4n) is 1.66. The molecule has 1 rings (SSSR count). The van der Waals surface area contributed by atoms with E-state index < -0.39 is 11.4 Å². The van der Waals surface area contributed by atoms with E-state index in [2.05, 4.69) is 5.32 Å². The Bertz CT molecular complexity index is 433. The second-order valence-electron chi connectivity index (χ2n) is 4.50. The lowest BCUT2D eigenvalue weighted by atomic mass is 9.96. The third-order valence-corrected chi connectivity index (χ3v) is 2.65. The number of hydrogen-bond acceptors (Lipinski definition) is 3. The molecule has 1 aromatic rings. The van der Waals surface area contributed by atoms with Crippen molar-refractivity contribution >= 4 is 11.6 Å². The van der Waals surface area contributed by atoms with Crippen LogP contribution in [0.1, 0.15) is 26.7 Å². The predicted octanol–water partition coefficient (Wildman–Crippen LogP) is 2.29. The highest BCUT2D eigenvalue weighted by atomic mass is 19.1. The van der Waals surface area contributed by atoms with Crippen molar-refractivity contribution in [1.82, 2.24) is 0 Å². The van der Waals surface area contributed by atoms with E-state index in [4.69, 9.17) is 10.5 Å². The van der Waals surface area contributed by atoms with Crippen molar-refractivity contribution in [2.75, 3.05) is 12.4 Å². The first-order chi connectivity index (χ1) is 8.39. The van der Waals surface area contributed by atoms with Gasteiger partial charge in [0.2, 0.25) is 5.91 Å². The Morgan fingerprint density at radius 1 is 1.50 bits per heavy atom. The molecule has 100 valence electrons. The summed E-state index contributed by atoms with van der Waals surface area (Å²) in [7, 11) is 1.44. The second kappa shape index (κ2) is 5.82. The number of carbonyl (C=O) groups is 1. The van der Waals surface area contributed by atoms with Crippen molar-refractivity contribution in [3.8, 4) is 5.75 Å². The average molecular weight is 254 g/mol. The number of ether oxygens (including phenoxy) is 1. The number of nitrogens with two attached hydrogens (primary N) is 1. The van der Waals surface area contributed by atoms with Crippen LogP contribution in [0.25, 0.3) is 0 Å². The lowest BCUT2D eigenvalue weighted by molar-refractivity contribution is -0.120. The second-order valence-corrected chi connectivity index (χ2v) is 4.50. The molecule has 0 aliphatic heterocycles. The van der Waals surface area contributed by atoms with Gasteiger partial charge in [-0.15, -0.1) is 0 Å². The van der Waals surface area contributed by atoms with Crippen LogP contribution in [0.3, 0.4) is 0 Å². The largest absolute Gasteiger partial charge is 0.497 e. The molecule has 0 bridgehead atoms. The van der Waals surface area contributed by atoms with Crippen molar-refractivity contribution in [3.05, 3.63) is 24.0 Å². The fourth-order valence-corrected chi connectivity index (χ4v) is 1.66. The number of benzene rings is 1. The maximum absolute atomic E-state index is 13.2. The Hall–Kier alpha value is -1.62. The van der Waals surface area contributed by atoms with E-state index in [9.17, 15) is 9.18 Å². The number of carbonyl (C=O) groups excluding carboxylic acids is 1. The summed E-state index contributed by atoms with van der Waals surface area (Å²) >= 11 is 0. The first-order valence-corrected chi connectivity index (χ1v) is 5.84. The topological polar surface area (TPSA) is 64.4 Å². The Balaban J connectivity index is 2.84. The summed E-state index contributed by atoms with van der Waals surface area (Å²) in [6.45, 7) is 3.60. The number of anilines is 1. The van der Waals surface area contributed by atoms with Gasteiger partial charge in [-0.3, -0.25) is 4.79 Å². The van der Waals surface area contributed by atoms with Crippen LogP contribution in [0, 0.1) is 5.82 Å². The minimum Gasteiger partial charge on any atom is -0.497 e. The molecule has 0 aliphatic rings. The Labute approximate surface area is 106 Å². The van der Waals surface area contributed by atoms with Crippen molar-refractivity contribution in [3.63, 3.8) is 0 Å². The third-order valence-electron chi connectivity index (χ3n) is 2.65. The number of amides is 1. The molecule has 0 aliphatic carbocycles. The van der Waals surface area contributed by atoms with Gasteiger partial charge >= 0.3 is 0 Å². The molecule has 5 heteroatoms. The summed E-state index contributed by atoms with van der Waals surface area (Å²) in [5.74, 6) is -0.463. The van der Waals surface area contributed by atoms with Gasteiger partial charge in [0.25, 0.3) is 0 Å². The number of rotatable bonds is 5. The molecule has 1 atom stereocenters. The molecule has 1 aromatic carbocycles. The molecule has 0 saturated carbocycles. The van der Waals surface area contributed by atoms with Gasteiger partial charge < -0.3 is 15.8 Å². The molecule has 4 nitrogen and oxygen atoms in total. The Morgan fingerprint density at radius 3 is 2.72 bits per heavy atom. The van der Waals surface area contributed by atoms with Crippen molar-refractivity contribution < 1.29 is 13.9 Å². The predicted molar refractivity (Wildman–Crippen MR) is 69.1 cm³/mol. The standard InChI is InChI=1S/C13H19FN2O2/c1-4-5-13(2,15)12(17)16-10-6-9(14)7-11(8-10)18-3/h6-8H,4-5,15H2,1-3H3,(H,16,17). The molecule has 0 aromatic heterocycles. The third kappa shape index (κ3) is 3.70. The van der Waals surface area contributed by atoms with Gasteiger partial charge in [0.05, 0.1) is 12.6 Å². The van der Waals surface area contributed by atoms with Crippen molar-refractivity contribution in [2.45, 2.75) is 32.2 Å². The summed E-state index contributed by atoms with van der Waals surface area (Å²) in [4.78, 5) is 11.9. The minimum atomic E-state index is -0.964. The highest BCUT2D eigenvalue weighted by Gasteiger charge is 2.27. The molecule has 18 heavy (non-hydrogen) atoms. The summed E-state index contributed by atoms with van der Waals surface area (Å²) in [5, 5.41) is 2.60. The van der Waals surface area contributed by atoms with Crippen LogP contribution in [0.5, 0.6) is 5.75 Å². The molecule has 0 saturated heterocycles. The maximum Gasteiger partial charge on any atom is 0.244 e. The van der Waals surface area contributed by atoms with Crippen LogP contribution in [0.15, 0.2) is 18.2 Å². The van der Waals surface area contributed by atoms with Gasteiger partial charge in [0.15, 0.2) is 0 Å². The van der Waals surface area contributed by atoms with E-state index in [1.54, 1.807) is 13.0 Å². The van der Waals surface area contributed by atoms with E-state index >= 15 is 0 Å². The SMILES string of the molecule is CCCC(C)(N)C(=O)Nc1cc(F)cc(OC)c1. The molecule has 1 amide bonds. The Morgan fingerprint density at radius 2 is 2.17 bits per heavy atom. The highest BCUT2D eigenvalue weighted by molar-refractivity contribution is 5.97. The van der Waals surface area contributed by atoms with Crippen LogP contribution in [-0.2, 0) is 4.79 Å². The quantitative estimate of drug-likeness (QED) is 0.847. The van der Waals surface area contributed by atoms with E-state index in [-0.39, 0.29) is 5.91 Å². The molecule has 0 radical (unpaired) electrons. The monoisotopic (exact) mass is 254 g/mol.